The van der Waals surface area contributed by atoms with Gasteiger partial charge in [-0.3, -0.25) is 20.2 Å². The van der Waals surface area contributed by atoms with Crippen LogP contribution in [0, 0.1) is 20.2 Å². The zero-order valence-electron chi connectivity index (χ0n) is 8.53. The monoisotopic (exact) mass is 240 g/mol. The van der Waals surface area contributed by atoms with E-state index >= 15 is 0 Å². The van der Waals surface area contributed by atoms with Crippen LogP contribution in [-0.2, 0) is 4.74 Å². The second-order valence-corrected chi connectivity index (χ2v) is 3.45. The van der Waals surface area contributed by atoms with Gasteiger partial charge in [-0.2, -0.15) is 0 Å². The average Bonchev–Trinajstić information content (AvgIpc) is 2.23. The molecule has 0 radical (unpaired) electrons. The molecule has 2 heterocycles. The van der Waals surface area contributed by atoms with Gasteiger partial charge in [0.1, 0.15) is 6.20 Å². The first kappa shape index (κ1) is 11.2. The molecule has 1 aliphatic rings. The summed E-state index contributed by atoms with van der Waals surface area (Å²) in [4.78, 5) is 23.5. The van der Waals surface area contributed by atoms with E-state index in [1.165, 1.54) is 0 Å². The van der Waals surface area contributed by atoms with E-state index in [9.17, 15) is 20.2 Å². The van der Waals surface area contributed by atoms with Crippen molar-refractivity contribution < 1.29 is 14.6 Å². The normalized spacial score (nSPS) is 15.1. The maximum Gasteiger partial charge on any atom is 0.318 e. The molecular formula is C8H8N4O5. The molecule has 1 saturated heterocycles. The fourth-order valence-corrected chi connectivity index (χ4v) is 1.31. The Morgan fingerprint density at radius 3 is 2.53 bits per heavy atom. The van der Waals surface area contributed by atoms with Crippen molar-refractivity contribution in [1.29, 1.82) is 0 Å². The Balaban J connectivity index is 2.30. The Morgan fingerprint density at radius 1 is 1.35 bits per heavy atom. The molecule has 0 bridgehead atoms. The molecule has 1 fully saturated rings. The number of aromatic nitrogens is 1. The van der Waals surface area contributed by atoms with E-state index in [2.05, 4.69) is 10.3 Å². The van der Waals surface area contributed by atoms with Crippen LogP contribution in [0.3, 0.4) is 0 Å². The Labute approximate surface area is 94.7 Å². The van der Waals surface area contributed by atoms with Gasteiger partial charge < -0.3 is 10.1 Å². The fraction of sp³-hybridized carbons (Fsp3) is 0.375. The number of nitrogens with one attached hydrogen (secondary N) is 1. The zero-order chi connectivity index (χ0) is 12.4. The van der Waals surface area contributed by atoms with Crippen molar-refractivity contribution in [3.63, 3.8) is 0 Å². The van der Waals surface area contributed by atoms with Gasteiger partial charge in [0.15, 0.2) is 0 Å². The van der Waals surface area contributed by atoms with Gasteiger partial charge in [0, 0.05) is 0 Å². The van der Waals surface area contributed by atoms with Gasteiger partial charge in [-0.1, -0.05) is 0 Å². The summed E-state index contributed by atoms with van der Waals surface area (Å²) in [5.74, 6) is 0.0221. The zero-order valence-corrected chi connectivity index (χ0v) is 8.53. The maximum atomic E-state index is 10.8. The van der Waals surface area contributed by atoms with E-state index in [0.717, 1.165) is 12.3 Å². The first-order valence-corrected chi connectivity index (χ1v) is 4.71. The summed E-state index contributed by atoms with van der Waals surface area (Å²) in [7, 11) is 0. The van der Waals surface area contributed by atoms with Crippen LogP contribution in [-0.4, -0.2) is 34.1 Å². The summed E-state index contributed by atoms with van der Waals surface area (Å²) >= 11 is 0. The lowest BCUT2D eigenvalue weighted by molar-refractivity contribution is -0.394. The first-order valence-electron chi connectivity index (χ1n) is 4.71. The Hall–Kier alpha value is -2.29. The SMILES string of the molecule is O=[N+]([O-])c1cnc(NC2COC2)c([N+](=O)[O-])c1. The molecule has 0 aromatic carbocycles. The van der Waals surface area contributed by atoms with Gasteiger partial charge in [-0.05, 0) is 0 Å². The molecule has 1 aromatic rings. The number of anilines is 1. The minimum absolute atomic E-state index is 0.0221. The molecule has 0 saturated carbocycles. The molecule has 0 spiro atoms. The van der Waals surface area contributed by atoms with Gasteiger partial charge in [0.2, 0.25) is 5.82 Å². The van der Waals surface area contributed by atoms with Crippen molar-refractivity contribution in [3.05, 3.63) is 32.5 Å². The Morgan fingerprint density at radius 2 is 2.06 bits per heavy atom. The number of ether oxygens (including phenoxy) is 1. The topological polar surface area (TPSA) is 120 Å². The third kappa shape index (κ3) is 2.28. The third-order valence-electron chi connectivity index (χ3n) is 2.24. The molecule has 0 amide bonds. The summed E-state index contributed by atoms with van der Waals surface area (Å²) in [5.41, 5.74) is -0.821. The molecule has 1 aromatic heterocycles. The van der Waals surface area contributed by atoms with Crippen LogP contribution in [0.2, 0.25) is 0 Å². The first-order chi connectivity index (χ1) is 8.08. The lowest BCUT2D eigenvalue weighted by Crippen LogP contribution is -2.40. The predicted octanol–water partition coefficient (Wildman–Crippen LogP) is 0.709. The highest BCUT2D eigenvalue weighted by molar-refractivity contribution is 5.60. The second kappa shape index (κ2) is 4.29. The maximum absolute atomic E-state index is 10.8. The number of pyridine rings is 1. The van der Waals surface area contributed by atoms with E-state index in [1.54, 1.807) is 0 Å². The molecule has 0 aliphatic carbocycles. The van der Waals surface area contributed by atoms with E-state index in [0.29, 0.717) is 13.2 Å². The fourth-order valence-electron chi connectivity index (χ4n) is 1.31. The van der Waals surface area contributed by atoms with Gasteiger partial charge >= 0.3 is 5.69 Å². The van der Waals surface area contributed by atoms with Crippen molar-refractivity contribution in [1.82, 2.24) is 4.98 Å². The van der Waals surface area contributed by atoms with Gasteiger partial charge in [-0.25, -0.2) is 4.98 Å². The molecule has 2 rings (SSSR count). The van der Waals surface area contributed by atoms with Crippen LogP contribution >= 0.6 is 0 Å². The van der Waals surface area contributed by atoms with Crippen LogP contribution in [0.1, 0.15) is 0 Å². The Bertz CT molecular complexity index is 473. The molecular weight excluding hydrogens is 232 g/mol. The summed E-state index contributed by atoms with van der Waals surface area (Å²) in [6.45, 7) is 0.881. The minimum atomic E-state index is -0.726. The van der Waals surface area contributed by atoms with E-state index in [-0.39, 0.29) is 11.9 Å². The number of rotatable bonds is 4. The van der Waals surface area contributed by atoms with Crippen LogP contribution in [0.5, 0.6) is 0 Å². The lowest BCUT2D eigenvalue weighted by atomic mass is 10.2. The van der Waals surface area contributed by atoms with E-state index < -0.39 is 21.2 Å². The highest BCUT2D eigenvalue weighted by Gasteiger charge is 2.25. The molecule has 90 valence electrons. The standard InChI is InChI=1S/C8H8N4O5/c13-11(14)6-1-7(12(15)16)8(9-2-6)10-5-3-17-4-5/h1-2,5H,3-4H2,(H,9,10). The van der Waals surface area contributed by atoms with Crippen molar-refractivity contribution in [3.8, 4) is 0 Å². The highest BCUT2D eigenvalue weighted by atomic mass is 16.6. The van der Waals surface area contributed by atoms with Crippen LogP contribution in [0.25, 0.3) is 0 Å². The van der Waals surface area contributed by atoms with Crippen molar-refractivity contribution >= 4 is 17.2 Å². The molecule has 17 heavy (non-hydrogen) atoms. The number of nitrogens with zero attached hydrogens (tertiary/aromatic N) is 3. The van der Waals surface area contributed by atoms with Crippen LogP contribution in [0.15, 0.2) is 12.3 Å². The Kier molecular flexibility index (Phi) is 2.83. The molecule has 9 nitrogen and oxygen atoms in total. The summed E-state index contributed by atoms with van der Waals surface area (Å²) < 4.78 is 4.90. The highest BCUT2D eigenvalue weighted by Crippen LogP contribution is 2.27. The molecule has 1 N–H and O–H groups in total. The van der Waals surface area contributed by atoms with Crippen molar-refractivity contribution in [2.45, 2.75) is 6.04 Å². The molecule has 9 heteroatoms. The summed E-state index contributed by atoms with van der Waals surface area (Å²) in [6, 6.07) is 0.845. The largest absolute Gasteiger partial charge is 0.377 e. The van der Waals surface area contributed by atoms with Gasteiger partial charge in [0.25, 0.3) is 5.69 Å². The predicted molar refractivity (Wildman–Crippen MR) is 55.8 cm³/mol. The average molecular weight is 240 g/mol. The van der Waals surface area contributed by atoms with E-state index in [4.69, 9.17) is 4.74 Å². The number of hydrogen-bond acceptors (Lipinski definition) is 7. The molecule has 1 aliphatic heterocycles. The minimum Gasteiger partial charge on any atom is -0.377 e. The van der Waals surface area contributed by atoms with Gasteiger partial charge in [-0.15, -0.1) is 0 Å². The summed E-state index contributed by atoms with van der Waals surface area (Å²) in [6.07, 6.45) is 0.981. The quantitative estimate of drug-likeness (QED) is 0.607. The van der Waals surface area contributed by atoms with Crippen LogP contribution in [0.4, 0.5) is 17.2 Å². The van der Waals surface area contributed by atoms with Crippen molar-refractivity contribution in [2.75, 3.05) is 18.5 Å². The second-order valence-electron chi connectivity index (χ2n) is 3.45. The third-order valence-corrected chi connectivity index (χ3v) is 2.24. The lowest BCUT2D eigenvalue weighted by Gasteiger charge is -2.26. The molecule has 0 atom stereocenters. The number of nitro groups is 2. The molecule has 0 unspecified atom stereocenters. The summed E-state index contributed by atoms with van der Waals surface area (Å²) in [5, 5.41) is 24.0. The van der Waals surface area contributed by atoms with Gasteiger partial charge in [0.05, 0.1) is 35.2 Å². The number of hydrogen-bond donors (Lipinski definition) is 1. The van der Waals surface area contributed by atoms with Crippen molar-refractivity contribution in [2.24, 2.45) is 0 Å². The van der Waals surface area contributed by atoms with E-state index in [1.807, 2.05) is 0 Å². The van der Waals surface area contributed by atoms with Crippen LogP contribution < -0.4 is 5.32 Å². The smallest absolute Gasteiger partial charge is 0.318 e.